The van der Waals surface area contributed by atoms with Crippen LogP contribution in [0.4, 0.5) is 4.39 Å². The van der Waals surface area contributed by atoms with E-state index in [0.29, 0.717) is 6.04 Å². The Morgan fingerprint density at radius 2 is 2.29 bits per heavy atom. The second-order valence-corrected chi connectivity index (χ2v) is 5.68. The Labute approximate surface area is 105 Å². The van der Waals surface area contributed by atoms with Crippen LogP contribution in [0.2, 0.25) is 0 Å². The Balaban J connectivity index is 1.81. The number of nitrogens with one attached hydrogen (secondary N) is 1. The maximum Gasteiger partial charge on any atom is 0.137 e. The van der Waals surface area contributed by atoms with Gasteiger partial charge in [-0.05, 0) is 30.2 Å². The molecule has 0 amide bonds. The second-order valence-electron chi connectivity index (χ2n) is 4.58. The first-order valence-corrected chi connectivity index (χ1v) is 7.08. The molecule has 2 aliphatic heterocycles. The summed E-state index contributed by atoms with van der Waals surface area (Å²) in [4.78, 5) is 0.829. The molecule has 1 aromatic rings. The smallest absolute Gasteiger partial charge is 0.137 e. The zero-order valence-corrected chi connectivity index (χ0v) is 10.4. The maximum absolute atomic E-state index is 13.7. The molecule has 2 aliphatic rings. The van der Waals surface area contributed by atoms with E-state index in [1.807, 2.05) is 6.07 Å². The lowest BCUT2D eigenvalue weighted by molar-refractivity contribution is 0.187. The van der Waals surface area contributed by atoms with Gasteiger partial charge in [-0.25, -0.2) is 4.39 Å². The van der Waals surface area contributed by atoms with Gasteiger partial charge in [-0.2, -0.15) is 0 Å². The van der Waals surface area contributed by atoms with Crippen molar-refractivity contribution < 1.29 is 9.13 Å². The highest BCUT2D eigenvalue weighted by atomic mass is 32.2. The summed E-state index contributed by atoms with van der Waals surface area (Å²) in [5.74, 6) is 0.904. The number of ether oxygens (including phenoxy) is 1. The lowest BCUT2D eigenvalue weighted by Gasteiger charge is -2.28. The highest BCUT2D eigenvalue weighted by Gasteiger charge is 2.26. The van der Waals surface area contributed by atoms with E-state index in [0.717, 1.165) is 42.3 Å². The van der Waals surface area contributed by atoms with E-state index in [1.54, 1.807) is 23.9 Å². The molecule has 1 aromatic carbocycles. The number of hydrogen-bond acceptors (Lipinski definition) is 3. The molecule has 3 rings (SSSR count). The molecule has 0 spiro atoms. The van der Waals surface area contributed by atoms with Crippen molar-refractivity contribution in [3.05, 3.63) is 29.6 Å². The highest BCUT2D eigenvalue weighted by molar-refractivity contribution is 7.99. The molecule has 2 unspecified atom stereocenters. The van der Waals surface area contributed by atoms with Crippen LogP contribution in [0, 0.1) is 5.82 Å². The highest BCUT2D eigenvalue weighted by Crippen LogP contribution is 2.38. The quantitative estimate of drug-likeness (QED) is 0.875. The van der Waals surface area contributed by atoms with Crippen molar-refractivity contribution in [2.75, 3.05) is 19.0 Å². The number of fused-ring (bicyclic) bond motifs is 1. The first-order valence-electron chi connectivity index (χ1n) is 6.09. The molecule has 0 radical (unpaired) electrons. The molecular weight excluding hydrogens is 237 g/mol. The first kappa shape index (κ1) is 11.5. The summed E-state index contributed by atoms with van der Waals surface area (Å²) in [5, 5.41) is 3.60. The van der Waals surface area contributed by atoms with Gasteiger partial charge in [0, 0.05) is 23.6 Å². The van der Waals surface area contributed by atoms with Gasteiger partial charge >= 0.3 is 0 Å². The van der Waals surface area contributed by atoms with Crippen LogP contribution in [-0.4, -0.2) is 25.0 Å². The van der Waals surface area contributed by atoms with Crippen LogP contribution in [-0.2, 0) is 4.74 Å². The number of halogens is 1. The standard InChI is InChI=1S/C13H16FNOS/c14-11-3-1-2-10-12(5-7-17-13(10)11)15-9-4-6-16-8-9/h1-3,9,12,15H,4-8H2. The Morgan fingerprint density at radius 3 is 3.12 bits per heavy atom. The summed E-state index contributed by atoms with van der Waals surface area (Å²) in [6.07, 6.45) is 2.13. The monoisotopic (exact) mass is 253 g/mol. The van der Waals surface area contributed by atoms with Gasteiger partial charge in [0.2, 0.25) is 0 Å². The molecule has 2 atom stereocenters. The average Bonchev–Trinajstić information content (AvgIpc) is 2.83. The van der Waals surface area contributed by atoms with Crippen molar-refractivity contribution in [3.8, 4) is 0 Å². The molecule has 4 heteroatoms. The zero-order chi connectivity index (χ0) is 11.7. The van der Waals surface area contributed by atoms with Crippen LogP contribution in [0.15, 0.2) is 23.1 Å². The molecule has 0 aromatic heterocycles. The van der Waals surface area contributed by atoms with E-state index < -0.39 is 0 Å². The minimum absolute atomic E-state index is 0.0818. The lowest BCUT2D eigenvalue weighted by Crippen LogP contribution is -2.34. The van der Waals surface area contributed by atoms with E-state index in [4.69, 9.17) is 4.74 Å². The molecular formula is C13H16FNOS. The van der Waals surface area contributed by atoms with Crippen molar-refractivity contribution in [2.45, 2.75) is 29.8 Å². The molecule has 17 heavy (non-hydrogen) atoms. The van der Waals surface area contributed by atoms with Gasteiger partial charge in [-0.3, -0.25) is 0 Å². The van der Waals surface area contributed by atoms with Crippen LogP contribution in [0.25, 0.3) is 0 Å². The Kier molecular flexibility index (Phi) is 3.36. The molecule has 1 fully saturated rings. The predicted octanol–water partition coefficient (Wildman–Crippen LogP) is 2.74. The molecule has 92 valence electrons. The number of benzene rings is 1. The molecule has 2 heterocycles. The summed E-state index contributed by atoms with van der Waals surface area (Å²) in [6, 6.07) is 6.11. The molecule has 1 N–H and O–H groups in total. The summed E-state index contributed by atoms with van der Waals surface area (Å²) in [7, 11) is 0. The van der Waals surface area contributed by atoms with Gasteiger partial charge in [0.15, 0.2) is 0 Å². The molecule has 1 saturated heterocycles. The van der Waals surface area contributed by atoms with Crippen molar-refractivity contribution >= 4 is 11.8 Å². The van der Waals surface area contributed by atoms with E-state index in [-0.39, 0.29) is 11.9 Å². The Bertz CT molecular complexity index is 406. The summed E-state index contributed by atoms with van der Waals surface area (Å²) >= 11 is 1.63. The van der Waals surface area contributed by atoms with Crippen molar-refractivity contribution in [3.63, 3.8) is 0 Å². The van der Waals surface area contributed by atoms with Gasteiger partial charge in [-0.15, -0.1) is 11.8 Å². The summed E-state index contributed by atoms with van der Waals surface area (Å²) in [6.45, 7) is 1.63. The van der Waals surface area contributed by atoms with Crippen LogP contribution in [0.5, 0.6) is 0 Å². The van der Waals surface area contributed by atoms with E-state index in [2.05, 4.69) is 5.32 Å². The van der Waals surface area contributed by atoms with Crippen LogP contribution in [0.1, 0.15) is 24.4 Å². The Morgan fingerprint density at radius 1 is 1.35 bits per heavy atom. The minimum Gasteiger partial charge on any atom is -0.380 e. The topological polar surface area (TPSA) is 21.3 Å². The third kappa shape index (κ3) is 2.34. The molecule has 0 bridgehead atoms. The van der Waals surface area contributed by atoms with Crippen molar-refractivity contribution in [1.82, 2.24) is 5.32 Å². The average molecular weight is 253 g/mol. The van der Waals surface area contributed by atoms with Gasteiger partial charge in [0.1, 0.15) is 5.82 Å². The van der Waals surface area contributed by atoms with Crippen LogP contribution < -0.4 is 5.32 Å². The zero-order valence-electron chi connectivity index (χ0n) is 9.62. The summed E-state index contributed by atoms with van der Waals surface area (Å²) < 4.78 is 19.1. The third-order valence-corrected chi connectivity index (χ3v) is 4.55. The number of thioether (sulfide) groups is 1. The van der Waals surface area contributed by atoms with Gasteiger partial charge < -0.3 is 10.1 Å². The third-order valence-electron chi connectivity index (χ3n) is 3.39. The number of hydrogen-bond donors (Lipinski definition) is 1. The van der Waals surface area contributed by atoms with E-state index in [9.17, 15) is 4.39 Å². The van der Waals surface area contributed by atoms with Gasteiger partial charge in [-0.1, -0.05) is 12.1 Å². The molecule has 0 saturated carbocycles. The van der Waals surface area contributed by atoms with E-state index in [1.165, 1.54) is 0 Å². The number of rotatable bonds is 2. The fraction of sp³-hybridized carbons (Fsp3) is 0.538. The van der Waals surface area contributed by atoms with Crippen LogP contribution >= 0.6 is 11.8 Å². The second kappa shape index (κ2) is 4.96. The minimum atomic E-state index is -0.0818. The Hall–Kier alpha value is -0.580. The molecule has 2 nitrogen and oxygen atoms in total. The van der Waals surface area contributed by atoms with Gasteiger partial charge in [0.25, 0.3) is 0 Å². The normalized spacial score (nSPS) is 28.1. The SMILES string of the molecule is Fc1cccc2c1SCCC2NC1CCOC1. The summed E-state index contributed by atoms with van der Waals surface area (Å²) in [5.41, 5.74) is 1.12. The largest absolute Gasteiger partial charge is 0.380 e. The first-order chi connectivity index (χ1) is 8.34. The van der Waals surface area contributed by atoms with E-state index >= 15 is 0 Å². The van der Waals surface area contributed by atoms with Crippen molar-refractivity contribution in [1.29, 1.82) is 0 Å². The lowest BCUT2D eigenvalue weighted by atomic mass is 10.0. The molecule has 0 aliphatic carbocycles. The van der Waals surface area contributed by atoms with Gasteiger partial charge in [0.05, 0.1) is 6.61 Å². The maximum atomic E-state index is 13.7. The fourth-order valence-electron chi connectivity index (χ4n) is 2.51. The predicted molar refractivity (Wildman–Crippen MR) is 66.8 cm³/mol. The van der Waals surface area contributed by atoms with Crippen molar-refractivity contribution in [2.24, 2.45) is 0 Å². The van der Waals surface area contributed by atoms with Crippen LogP contribution in [0.3, 0.4) is 0 Å². The fourth-order valence-corrected chi connectivity index (χ4v) is 3.65.